The van der Waals surface area contributed by atoms with Crippen molar-refractivity contribution in [2.45, 2.75) is 12.5 Å². The van der Waals surface area contributed by atoms with Crippen molar-refractivity contribution in [1.82, 2.24) is 14.8 Å². The lowest BCUT2D eigenvalue weighted by Crippen LogP contribution is -2.25. The van der Waals surface area contributed by atoms with Gasteiger partial charge in [-0.25, -0.2) is 13.8 Å². The van der Waals surface area contributed by atoms with E-state index < -0.39 is 11.6 Å². The molecule has 2 atom stereocenters. The van der Waals surface area contributed by atoms with Crippen LogP contribution in [0.15, 0.2) is 36.0 Å². The molecule has 1 saturated heterocycles. The van der Waals surface area contributed by atoms with Crippen molar-refractivity contribution in [2.24, 2.45) is 13.0 Å². The van der Waals surface area contributed by atoms with Crippen LogP contribution in [0.2, 0.25) is 0 Å². The zero-order valence-corrected chi connectivity index (χ0v) is 15.2. The zero-order chi connectivity index (χ0) is 19.0. The fourth-order valence-electron chi connectivity index (χ4n) is 3.12. The second-order valence-corrected chi connectivity index (χ2v) is 7.14. The minimum atomic E-state index is -0.569. The minimum Gasteiger partial charge on any atom is -0.373 e. The molecule has 1 aliphatic rings. The van der Waals surface area contributed by atoms with E-state index in [9.17, 15) is 13.6 Å². The first kappa shape index (κ1) is 17.7. The Balaban J connectivity index is 1.50. The number of hydrogen-bond acceptors (Lipinski definition) is 5. The number of nitrogens with one attached hydrogen (secondary N) is 1. The van der Waals surface area contributed by atoms with Crippen LogP contribution in [-0.4, -0.2) is 27.3 Å². The summed E-state index contributed by atoms with van der Waals surface area (Å²) in [6.45, 7) is 0.481. The Hall–Kier alpha value is -2.65. The molecule has 0 saturated carbocycles. The second-order valence-electron chi connectivity index (χ2n) is 6.29. The van der Waals surface area contributed by atoms with E-state index in [0.29, 0.717) is 18.2 Å². The maximum absolute atomic E-state index is 13.9. The van der Waals surface area contributed by atoms with Gasteiger partial charge in [-0.15, -0.1) is 11.3 Å². The number of rotatable bonds is 4. The summed E-state index contributed by atoms with van der Waals surface area (Å²) in [5.74, 6) is -1.71. The Morgan fingerprint density at radius 1 is 1.41 bits per heavy atom. The summed E-state index contributed by atoms with van der Waals surface area (Å²) in [4.78, 5) is 16.9. The number of carbonyl (C=O) groups excluding carboxylic acids is 1. The molecule has 2 aromatic heterocycles. The van der Waals surface area contributed by atoms with Crippen LogP contribution in [-0.2, 0) is 16.6 Å². The van der Waals surface area contributed by atoms with Gasteiger partial charge in [0.15, 0.2) is 5.13 Å². The SMILES string of the molecule is Cn1cc([C@H]2OCC[C@@H]2C(=O)Nc2nc(-c3cc(F)ccc3F)cs2)cn1. The third-order valence-corrected chi connectivity index (χ3v) is 5.18. The normalized spacial score (nSPS) is 19.4. The highest BCUT2D eigenvalue weighted by atomic mass is 32.1. The zero-order valence-electron chi connectivity index (χ0n) is 14.4. The average Bonchev–Trinajstić information content (AvgIpc) is 3.37. The van der Waals surface area contributed by atoms with Crippen molar-refractivity contribution in [3.8, 4) is 11.3 Å². The van der Waals surface area contributed by atoms with E-state index in [-0.39, 0.29) is 29.2 Å². The third-order valence-electron chi connectivity index (χ3n) is 4.42. The predicted molar refractivity (Wildman–Crippen MR) is 96.1 cm³/mol. The van der Waals surface area contributed by atoms with Crippen molar-refractivity contribution in [2.75, 3.05) is 11.9 Å². The molecule has 3 aromatic rings. The standard InChI is InChI=1S/C18H16F2N4O2S/c1-24-8-10(7-21-24)16-12(4-5-26-16)17(25)23-18-22-15(9-27-18)13-6-11(19)2-3-14(13)20/h2-3,6-9,12,16H,4-5H2,1H3,(H,22,23,25)/t12-,16+/m0/s1. The Morgan fingerprint density at radius 3 is 3.04 bits per heavy atom. The highest BCUT2D eigenvalue weighted by molar-refractivity contribution is 7.14. The Kier molecular flexibility index (Phi) is 4.71. The van der Waals surface area contributed by atoms with Crippen LogP contribution in [0.5, 0.6) is 0 Å². The molecule has 9 heteroatoms. The molecule has 1 aromatic carbocycles. The summed E-state index contributed by atoms with van der Waals surface area (Å²) >= 11 is 1.16. The Bertz CT molecular complexity index is 987. The number of halogens is 2. The smallest absolute Gasteiger partial charge is 0.232 e. The lowest BCUT2D eigenvalue weighted by atomic mass is 9.96. The van der Waals surface area contributed by atoms with E-state index in [0.717, 1.165) is 35.1 Å². The third kappa shape index (κ3) is 3.60. The summed E-state index contributed by atoms with van der Waals surface area (Å²) in [6.07, 6.45) is 3.73. The molecule has 1 amide bonds. The molecule has 3 heterocycles. The molecular formula is C18H16F2N4O2S. The molecule has 140 valence electrons. The highest BCUT2D eigenvalue weighted by Gasteiger charge is 2.36. The van der Waals surface area contributed by atoms with Gasteiger partial charge in [0.25, 0.3) is 0 Å². The topological polar surface area (TPSA) is 69.0 Å². The quantitative estimate of drug-likeness (QED) is 0.740. The van der Waals surface area contributed by atoms with E-state index in [2.05, 4.69) is 15.4 Å². The number of amides is 1. The summed E-state index contributed by atoms with van der Waals surface area (Å²) in [6, 6.07) is 3.18. The molecule has 0 bridgehead atoms. The Labute approximate surface area is 157 Å². The fourth-order valence-corrected chi connectivity index (χ4v) is 3.83. The van der Waals surface area contributed by atoms with Gasteiger partial charge in [-0.3, -0.25) is 9.48 Å². The van der Waals surface area contributed by atoms with Gasteiger partial charge in [0.05, 0.1) is 23.9 Å². The maximum atomic E-state index is 13.9. The van der Waals surface area contributed by atoms with Crippen LogP contribution < -0.4 is 5.32 Å². The number of anilines is 1. The number of aromatic nitrogens is 3. The largest absolute Gasteiger partial charge is 0.373 e. The molecule has 6 nitrogen and oxygen atoms in total. The average molecular weight is 390 g/mol. The van der Waals surface area contributed by atoms with Crippen molar-refractivity contribution in [3.63, 3.8) is 0 Å². The second kappa shape index (κ2) is 7.16. The number of ether oxygens (including phenoxy) is 1. The molecule has 27 heavy (non-hydrogen) atoms. The number of aryl methyl sites for hydroxylation is 1. The molecular weight excluding hydrogens is 374 g/mol. The predicted octanol–water partition coefficient (Wildman–Crippen LogP) is 3.54. The van der Waals surface area contributed by atoms with E-state index >= 15 is 0 Å². The summed E-state index contributed by atoms with van der Waals surface area (Å²) in [5, 5.41) is 8.79. The van der Waals surface area contributed by atoms with Crippen molar-refractivity contribution >= 4 is 22.4 Å². The van der Waals surface area contributed by atoms with Gasteiger partial charge in [-0.1, -0.05) is 0 Å². The van der Waals surface area contributed by atoms with Crippen LogP contribution >= 0.6 is 11.3 Å². The van der Waals surface area contributed by atoms with Crippen molar-refractivity contribution < 1.29 is 18.3 Å². The van der Waals surface area contributed by atoms with E-state index in [1.54, 1.807) is 23.3 Å². The number of benzene rings is 1. The molecule has 0 aliphatic carbocycles. The molecule has 0 spiro atoms. The van der Waals surface area contributed by atoms with E-state index in [1.807, 2.05) is 6.20 Å². The lowest BCUT2D eigenvalue weighted by Gasteiger charge is -2.15. The van der Waals surface area contributed by atoms with Gasteiger partial charge in [0.2, 0.25) is 5.91 Å². The summed E-state index contributed by atoms with van der Waals surface area (Å²) in [5.41, 5.74) is 1.18. The fraction of sp³-hybridized carbons (Fsp3) is 0.278. The van der Waals surface area contributed by atoms with Crippen LogP contribution in [0, 0.1) is 17.6 Å². The van der Waals surface area contributed by atoms with Crippen molar-refractivity contribution in [3.05, 3.63) is 53.2 Å². The lowest BCUT2D eigenvalue weighted by molar-refractivity contribution is -0.121. The monoisotopic (exact) mass is 390 g/mol. The maximum Gasteiger partial charge on any atom is 0.232 e. The van der Waals surface area contributed by atoms with Crippen LogP contribution in [0.4, 0.5) is 13.9 Å². The Morgan fingerprint density at radius 2 is 2.26 bits per heavy atom. The van der Waals surface area contributed by atoms with E-state index in [1.165, 1.54) is 0 Å². The van der Waals surface area contributed by atoms with Gasteiger partial charge in [-0.05, 0) is 24.6 Å². The van der Waals surface area contributed by atoms with Gasteiger partial charge >= 0.3 is 0 Å². The molecule has 4 rings (SSSR count). The molecule has 1 N–H and O–H groups in total. The van der Waals surface area contributed by atoms with Gasteiger partial charge < -0.3 is 10.1 Å². The van der Waals surface area contributed by atoms with Gasteiger partial charge in [0, 0.05) is 36.4 Å². The van der Waals surface area contributed by atoms with Crippen molar-refractivity contribution in [1.29, 1.82) is 0 Å². The number of hydrogen-bond donors (Lipinski definition) is 1. The van der Waals surface area contributed by atoms with Gasteiger partial charge in [-0.2, -0.15) is 5.10 Å². The van der Waals surface area contributed by atoms with Crippen LogP contribution in [0.25, 0.3) is 11.3 Å². The first-order valence-corrected chi connectivity index (χ1v) is 9.21. The first-order chi connectivity index (χ1) is 13.0. The first-order valence-electron chi connectivity index (χ1n) is 8.33. The summed E-state index contributed by atoms with van der Waals surface area (Å²) < 4.78 is 34.6. The number of thiazole rings is 1. The van der Waals surface area contributed by atoms with Gasteiger partial charge in [0.1, 0.15) is 11.6 Å². The molecule has 1 aliphatic heterocycles. The minimum absolute atomic E-state index is 0.0594. The van der Waals surface area contributed by atoms with E-state index in [4.69, 9.17) is 4.74 Å². The van der Waals surface area contributed by atoms with Crippen LogP contribution in [0.1, 0.15) is 18.1 Å². The number of nitrogens with zero attached hydrogens (tertiary/aromatic N) is 3. The summed E-state index contributed by atoms with van der Waals surface area (Å²) in [7, 11) is 1.80. The molecule has 0 unspecified atom stereocenters. The highest BCUT2D eigenvalue weighted by Crippen LogP contribution is 2.35. The number of carbonyl (C=O) groups is 1. The van der Waals surface area contributed by atoms with Crippen LogP contribution in [0.3, 0.4) is 0 Å². The molecule has 0 radical (unpaired) electrons. The molecule has 1 fully saturated rings.